The first-order valence-corrected chi connectivity index (χ1v) is 14.1. The normalized spacial score (nSPS) is 25.8. The predicted octanol–water partition coefficient (Wildman–Crippen LogP) is 3.79. The second-order valence-corrected chi connectivity index (χ2v) is 11.6. The third-order valence-corrected chi connectivity index (χ3v) is 8.32. The highest BCUT2D eigenvalue weighted by atomic mass is 16.5. The molecule has 0 unspecified atom stereocenters. The Morgan fingerprint density at radius 1 is 1.21 bits per heavy atom. The number of carbonyl (C=O) groups is 4. The maximum absolute atomic E-state index is 13.9. The number of benzene rings is 1. The van der Waals surface area contributed by atoms with Crippen LogP contribution in [0.2, 0.25) is 0 Å². The van der Waals surface area contributed by atoms with Crippen LogP contribution in [0.4, 0.5) is 0 Å². The monoisotopic (exact) mass is 537 g/mol. The molecule has 2 aliphatic heterocycles. The number of hydrogen-bond donors (Lipinski definition) is 1. The summed E-state index contributed by atoms with van der Waals surface area (Å²) in [5.41, 5.74) is 1.81. The van der Waals surface area contributed by atoms with Crippen LogP contribution in [0.5, 0.6) is 5.75 Å². The third-order valence-electron chi connectivity index (χ3n) is 8.32. The molecule has 1 saturated carbocycles. The number of aromatic nitrogens is 1. The summed E-state index contributed by atoms with van der Waals surface area (Å²) in [5.74, 6) is 0.358. The van der Waals surface area contributed by atoms with E-state index in [1.54, 1.807) is 15.7 Å². The second kappa shape index (κ2) is 10.8. The van der Waals surface area contributed by atoms with Gasteiger partial charge in [-0.05, 0) is 64.2 Å². The molecule has 0 spiro atoms. The van der Waals surface area contributed by atoms with E-state index in [9.17, 15) is 19.2 Å². The number of hydrogen-bond acceptors (Lipinski definition) is 6. The van der Waals surface area contributed by atoms with Crippen LogP contribution in [0.3, 0.4) is 0 Å². The van der Waals surface area contributed by atoms with Crippen molar-refractivity contribution in [2.75, 3.05) is 13.2 Å². The van der Waals surface area contributed by atoms with Gasteiger partial charge in [-0.2, -0.15) is 0 Å². The molecule has 3 atom stereocenters. The predicted molar refractivity (Wildman–Crippen MR) is 146 cm³/mol. The minimum atomic E-state index is -0.442. The molecule has 2 amide bonds. The molecule has 2 aromatic rings. The van der Waals surface area contributed by atoms with E-state index in [1.165, 1.54) is 6.92 Å². The van der Waals surface area contributed by atoms with Gasteiger partial charge in [0.1, 0.15) is 12.3 Å². The Balaban J connectivity index is 1.58. The summed E-state index contributed by atoms with van der Waals surface area (Å²) in [6.45, 7) is 8.51. The summed E-state index contributed by atoms with van der Waals surface area (Å²) in [7, 11) is 0. The van der Waals surface area contributed by atoms with Gasteiger partial charge in [0.05, 0.1) is 24.3 Å². The summed E-state index contributed by atoms with van der Waals surface area (Å²) in [6, 6.07) is 3.26. The van der Waals surface area contributed by atoms with Crippen LogP contribution < -0.4 is 10.1 Å². The summed E-state index contributed by atoms with van der Waals surface area (Å²) >= 11 is 0. The van der Waals surface area contributed by atoms with Crippen molar-refractivity contribution in [3.05, 3.63) is 29.5 Å². The first-order valence-electron chi connectivity index (χ1n) is 14.1. The Kier molecular flexibility index (Phi) is 7.55. The lowest BCUT2D eigenvalue weighted by Gasteiger charge is -2.27. The smallest absolute Gasteiger partial charge is 0.243 e. The number of nitrogens with one attached hydrogen (secondary N) is 1. The highest BCUT2D eigenvalue weighted by Crippen LogP contribution is 2.60. The van der Waals surface area contributed by atoms with Crippen molar-refractivity contribution in [1.29, 1.82) is 0 Å². The highest BCUT2D eigenvalue weighted by Gasteiger charge is 2.66. The molecule has 9 heteroatoms. The van der Waals surface area contributed by atoms with Gasteiger partial charge in [-0.25, -0.2) is 0 Å². The largest absolute Gasteiger partial charge is 0.491 e. The second-order valence-electron chi connectivity index (χ2n) is 11.6. The van der Waals surface area contributed by atoms with E-state index in [1.807, 2.05) is 32.9 Å². The van der Waals surface area contributed by atoms with E-state index in [-0.39, 0.29) is 54.0 Å². The summed E-state index contributed by atoms with van der Waals surface area (Å²) < 4.78 is 13.8. The van der Waals surface area contributed by atoms with Crippen LogP contribution >= 0.6 is 0 Å². The first kappa shape index (κ1) is 27.4. The van der Waals surface area contributed by atoms with Crippen LogP contribution in [-0.2, 0) is 32.2 Å². The van der Waals surface area contributed by atoms with E-state index < -0.39 is 6.04 Å². The lowest BCUT2D eigenvalue weighted by Crippen LogP contribution is -2.44. The molecule has 2 bridgehead atoms. The molecule has 1 N–H and O–H groups in total. The van der Waals surface area contributed by atoms with Gasteiger partial charge in [-0.3, -0.25) is 19.2 Å². The molecular formula is C30H39N3O6. The molecule has 210 valence electrons. The minimum Gasteiger partial charge on any atom is -0.491 e. The van der Waals surface area contributed by atoms with Gasteiger partial charge in [-0.15, -0.1) is 0 Å². The first-order chi connectivity index (χ1) is 18.6. The van der Waals surface area contributed by atoms with Crippen LogP contribution in [0, 0.1) is 5.41 Å². The van der Waals surface area contributed by atoms with Crippen LogP contribution in [0.15, 0.2) is 18.3 Å². The third kappa shape index (κ3) is 5.33. The number of Topliss-reactive ketones (excluding diaryl/α,β-unsaturated/α-hetero) is 2. The number of carbonyl (C=O) groups excluding carboxylic acids is 4. The summed E-state index contributed by atoms with van der Waals surface area (Å²) in [4.78, 5) is 54.0. The Hall–Kier alpha value is -3.20. The molecule has 9 nitrogen and oxygen atoms in total. The molecule has 39 heavy (non-hydrogen) atoms. The molecule has 0 radical (unpaired) electrons. The van der Waals surface area contributed by atoms with E-state index in [0.717, 1.165) is 23.9 Å². The van der Waals surface area contributed by atoms with Gasteiger partial charge in [0.15, 0.2) is 11.6 Å². The van der Waals surface area contributed by atoms with Gasteiger partial charge < -0.3 is 24.3 Å². The zero-order valence-electron chi connectivity index (χ0n) is 23.4. The van der Waals surface area contributed by atoms with Crippen LogP contribution in [0.25, 0.3) is 10.9 Å². The number of ketones is 2. The van der Waals surface area contributed by atoms with Gasteiger partial charge in [-0.1, -0.05) is 6.92 Å². The van der Waals surface area contributed by atoms with Gasteiger partial charge in [0.2, 0.25) is 11.8 Å². The number of amides is 2. The van der Waals surface area contributed by atoms with Gasteiger partial charge in [0, 0.05) is 54.6 Å². The Morgan fingerprint density at radius 2 is 2.00 bits per heavy atom. The highest BCUT2D eigenvalue weighted by molar-refractivity contribution is 6.08. The molecule has 1 saturated heterocycles. The fourth-order valence-corrected chi connectivity index (χ4v) is 6.36. The number of piperidine rings is 1. The van der Waals surface area contributed by atoms with Crippen molar-refractivity contribution in [2.24, 2.45) is 5.41 Å². The topological polar surface area (TPSA) is 107 Å². The number of ether oxygens (including phenoxy) is 2. The number of nitrogens with zero attached hydrogens (tertiary/aromatic N) is 2. The standard InChI is InChI=1S/C30H39N3O6/c1-5-25(35)24-12-30-13-26(30)33(24)28(37)16-32-15-23(19(4)34)22-11-21(39-18(2)3)10-20(29(22)32)14-31-27(36)8-6-7-9-38-17-30/h10-11,15,18,24,26H,5-9,12-14,16-17H2,1-4H3,(H,31,36)/t24-,26+,30-/m0/s1. The molecule has 1 aliphatic carbocycles. The Labute approximate surface area is 229 Å². The fourth-order valence-electron chi connectivity index (χ4n) is 6.36. The van der Waals surface area contributed by atoms with Gasteiger partial charge >= 0.3 is 0 Å². The lowest BCUT2D eigenvalue weighted by atomic mass is 9.97. The average Bonchev–Trinajstić information content (AvgIpc) is 3.29. The van der Waals surface area contributed by atoms with Crippen molar-refractivity contribution in [2.45, 2.75) is 97.5 Å². The molecule has 1 aromatic heterocycles. The number of rotatable bonds is 5. The lowest BCUT2D eigenvalue weighted by molar-refractivity contribution is -0.139. The minimum absolute atomic E-state index is 0.00393. The quantitative estimate of drug-likeness (QED) is 0.582. The average molecular weight is 538 g/mol. The zero-order valence-corrected chi connectivity index (χ0v) is 23.4. The molecule has 3 aliphatic rings. The van der Waals surface area contributed by atoms with Gasteiger partial charge in [0.25, 0.3) is 0 Å². The van der Waals surface area contributed by atoms with Crippen LogP contribution in [0.1, 0.15) is 82.1 Å². The molecule has 5 rings (SSSR count). The molecule has 3 heterocycles. The van der Waals surface area contributed by atoms with E-state index in [4.69, 9.17) is 9.47 Å². The van der Waals surface area contributed by atoms with Crippen molar-refractivity contribution >= 4 is 34.3 Å². The molecule has 2 fully saturated rings. The fraction of sp³-hybridized carbons (Fsp3) is 0.600. The maximum atomic E-state index is 13.9. The van der Waals surface area contributed by atoms with E-state index in [2.05, 4.69) is 5.32 Å². The van der Waals surface area contributed by atoms with E-state index in [0.29, 0.717) is 55.6 Å². The zero-order chi connectivity index (χ0) is 27.9. The van der Waals surface area contributed by atoms with Crippen molar-refractivity contribution in [1.82, 2.24) is 14.8 Å². The Morgan fingerprint density at radius 3 is 2.72 bits per heavy atom. The Bertz CT molecular complexity index is 1310. The SMILES string of the molecule is CCC(=O)[C@@H]1C[C@]23COCCCCC(=O)NCc4cc(OC(C)C)cc5c(C(C)=O)cn(c45)CC(=O)N1[C@@H]2C3. The van der Waals surface area contributed by atoms with Crippen molar-refractivity contribution in [3.8, 4) is 5.75 Å². The maximum Gasteiger partial charge on any atom is 0.243 e. The summed E-state index contributed by atoms with van der Waals surface area (Å²) in [5, 5.41) is 3.69. The molecule has 1 aromatic carbocycles. The van der Waals surface area contributed by atoms with E-state index >= 15 is 0 Å². The van der Waals surface area contributed by atoms with Crippen LogP contribution in [-0.4, -0.2) is 64.2 Å². The van der Waals surface area contributed by atoms with Crippen molar-refractivity contribution < 1.29 is 28.7 Å². The molecular weight excluding hydrogens is 498 g/mol. The van der Waals surface area contributed by atoms with Crippen molar-refractivity contribution in [3.63, 3.8) is 0 Å². The summed E-state index contributed by atoms with van der Waals surface area (Å²) in [6.07, 6.45) is 5.35.